The molecule has 2 unspecified atom stereocenters. The van der Waals surface area contributed by atoms with Gasteiger partial charge in [-0.2, -0.15) is 0 Å². The first-order valence-corrected chi connectivity index (χ1v) is 7.31. The predicted octanol–water partition coefficient (Wildman–Crippen LogP) is 2.40. The van der Waals surface area contributed by atoms with Crippen molar-refractivity contribution in [3.8, 4) is 0 Å². The summed E-state index contributed by atoms with van der Waals surface area (Å²) in [6.07, 6.45) is 4.29. The van der Waals surface area contributed by atoms with E-state index in [2.05, 4.69) is 12.2 Å². The lowest BCUT2D eigenvalue weighted by Gasteiger charge is -2.26. The lowest BCUT2D eigenvalue weighted by Crippen LogP contribution is -2.45. The zero-order valence-corrected chi connectivity index (χ0v) is 12.1. The van der Waals surface area contributed by atoms with Crippen LogP contribution >= 0.6 is 0 Å². The maximum absolute atomic E-state index is 12.8. The summed E-state index contributed by atoms with van der Waals surface area (Å²) in [6.45, 7) is 3.92. The maximum atomic E-state index is 12.8. The minimum absolute atomic E-state index is 0.104. The van der Waals surface area contributed by atoms with Gasteiger partial charge in [-0.15, -0.1) is 0 Å². The van der Waals surface area contributed by atoms with Gasteiger partial charge in [0.15, 0.2) is 0 Å². The Hall–Kier alpha value is -2.01. The molecule has 21 heavy (non-hydrogen) atoms. The van der Waals surface area contributed by atoms with Crippen LogP contribution in [0.15, 0.2) is 45.6 Å². The Bertz CT molecular complexity index is 526. The zero-order chi connectivity index (χ0) is 14.7. The number of nitrogens with one attached hydrogen (secondary N) is 1. The third kappa shape index (κ3) is 3.19. The summed E-state index contributed by atoms with van der Waals surface area (Å²) in [5.74, 6) is 2.02. The molecule has 2 aromatic heterocycles. The summed E-state index contributed by atoms with van der Waals surface area (Å²) >= 11 is 0. The number of hydrogen-bond donors (Lipinski definition) is 1. The van der Waals surface area contributed by atoms with Crippen molar-refractivity contribution in [2.45, 2.75) is 32.5 Å². The van der Waals surface area contributed by atoms with Crippen LogP contribution < -0.4 is 5.32 Å². The smallest absolute Gasteiger partial charge is 0.240 e. The fourth-order valence-corrected chi connectivity index (χ4v) is 2.75. The van der Waals surface area contributed by atoms with E-state index in [4.69, 9.17) is 8.83 Å². The van der Waals surface area contributed by atoms with Crippen LogP contribution in [0.25, 0.3) is 0 Å². The third-order valence-electron chi connectivity index (χ3n) is 3.96. The van der Waals surface area contributed by atoms with Gasteiger partial charge in [0, 0.05) is 0 Å². The fourth-order valence-electron chi connectivity index (χ4n) is 2.75. The first-order chi connectivity index (χ1) is 10.2. The first-order valence-electron chi connectivity index (χ1n) is 7.31. The lowest BCUT2D eigenvalue weighted by molar-refractivity contribution is -0.135. The van der Waals surface area contributed by atoms with Crippen LogP contribution in [-0.2, 0) is 17.9 Å². The predicted molar refractivity (Wildman–Crippen MR) is 77.2 cm³/mol. The molecule has 0 radical (unpaired) electrons. The molecule has 2 aromatic rings. The van der Waals surface area contributed by atoms with E-state index >= 15 is 0 Å². The number of amides is 1. The Morgan fingerprint density at radius 2 is 1.86 bits per heavy atom. The first kappa shape index (κ1) is 13.9. The third-order valence-corrected chi connectivity index (χ3v) is 3.96. The minimum Gasteiger partial charge on any atom is -0.467 e. The van der Waals surface area contributed by atoms with E-state index in [0.29, 0.717) is 19.0 Å². The number of nitrogens with zero attached hydrogens (tertiary/aromatic N) is 1. The van der Waals surface area contributed by atoms with Gasteiger partial charge in [-0.05, 0) is 43.1 Å². The van der Waals surface area contributed by atoms with E-state index in [0.717, 1.165) is 24.5 Å². The SMILES string of the molecule is CC1CCNC1C(=O)N(Cc1ccco1)Cc1ccco1. The molecule has 1 amide bonds. The van der Waals surface area contributed by atoms with Gasteiger partial charge in [0.1, 0.15) is 11.5 Å². The second kappa shape index (κ2) is 6.18. The van der Waals surface area contributed by atoms with Crippen molar-refractivity contribution in [1.29, 1.82) is 0 Å². The molecular weight excluding hydrogens is 268 g/mol. The number of hydrogen-bond acceptors (Lipinski definition) is 4. The molecule has 3 rings (SSSR count). The van der Waals surface area contributed by atoms with Crippen LogP contribution in [0.2, 0.25) is 0 Å². The molecule has 1 aliphatic rings. The van der Waals surface area contributed by atoms with Gasteiger partial charge >= 0.3 is 0 Å². The normalized spacial score (nSPS) is 21.6. The molecule has 1 aliphatic heterocycles. The molecule has 1 saturated heterocycles. The number of rotatable bonds is 5. The van der Waals surface area contributed by atoms with Gasteiger partial charge in [-0.3, -0.25) is 4.79 Å². The van der Waals surface area contributed by atoms with Gasteiger partial charge in [0.25, 0.3) is 0 Å². The van der Waals surface area contributed by atoms with Crippen molar-refractivity contribution in [3.63, 3.8) is 0 Å². The van der Waals surface area contributed by atoms with Crippen LogP contribution in [0, 0.1) is 5.92 Å². The summed E-state index contributed by atoms with van der Waals surface area (Å²) < 4.78 is 10.8. The van der Waals surface area contributed by atoms with Crippen LogP contribution in [0.4, 0.5) is 0 Å². The second-order valence-corrected chi connectivity index (χ2v) is 5.55. The van der Waals surface area contributed by atoms with Crippen LogP contribution in [0.5, 0.6) is 0 Å². The molecule has 0 saturated carbocycles. The Labute approximate surface area is 123 Å². The molecular formula is C16H20N2O3. The van der Waals surface area contributed by atoms with Gasteiger partial charge in [0.05, 0.1) is 31.7 Å². The van der Waals surface area contributed by atoms with Gasteiger partial charge < -0.3 is 19.1 Å². The molecule has 5 heteroatoms. The van der Waals surface area contributed by atoms with E-state index in [1.165, 1.54) is 0 Å². The van der Waals surface area contributed by atoms with E-state index in [1.807, 2.05) is 24.3 Å². The zero-order valence-electron chi connectivity index (χ0n) is 12.1. The number of carbonyl (C=O) groups is 1. The fraction of sp³-hybridized carbons (Fsp3) is 0.438. The minimum atomic E-state index is -0.116. The summed E-state index contributed by atoms with van der Waals surface area (Å²) in [5, 5.41) is 3.29. The van der Waals surface area contributed by atoms with Crippen LogP contribution in [-0.4, -0.2) is 23.4 Å². The molecule has 0 aromatic carbocycles. The van der Waals surface area contributed by atoms with E-state index in [-0.39, 0.29) is 11.9 Å². The maximum Gasteiger partial charge on any atom is 0.240 e. The Morgan fingerprint density at radius 1 is 1.24 bits per heavy atom. The highest BCUT2D eigenvalue weighted by molar-refractivity contribution is 5.82. The molecule has 0 spiro atoms. The molecule has 112 valence electrons. The van der Waals surface area contributed by atoms with Gasteiger partial charge in [0.2, 0.25) is 5.91 Å². The van der Waals surface area contributed by atoms with Crippen molar-refractivity contribution in [1.82, 2.24) is 10.2 Å². The lowest BCUT2D eigenvalue weighted by atomic mass is 10.0. The molecule has 3 heterocycles. The molecule has 1 N–H and O–H groups in total. The van der Waals surface area contributed by atoms with Crippen molar-refractivity contribution >= 4 is 5.91 Å². The van der Waals surface area contributed by atoms with Crippen LogP contribution in [0.1, 0.15) is 24.9 Å². The second-order valence-electron chi connectivity index (χ2n) is 5.55. The van der Waals surface area contributed by atoms with Crippen LogP contribution in [0.3, 0.4) is 0 Å². The average molecular weight is 288 g/mol. The summed E-state index contributed by atoms with van der Waals surface area (Å²) in [5.41, 5.74) is 0. The quantitative estimate of drug-likeness (QED) is 0.918. The Kier molecular flexibility index (Phi) is 4.10. The highest BCUT2D eigenvalue weighted by atomic mass is 16.3. The van der Waals surface area contributed by atoms with Gasteiger partial charge in [-0.1, -0.05) is 6.92 Å². The van der Waals surface area contributed by atoms with Crippen molar-refractivity contribution in [2.24, 2.45) is 5.92 Å². The summed E-state index contributed by atoms with van der Waals surface area (Å²) in [7, 11) is 0. The number of furan rings is 2. The van der Waals surface area contributed by atoms with E-state index in [1.54, 1.807) is 17.4 Å². The Morgan fingerprint density at radius 3 is 2.29 bits per heavy atom. The summed E-state index contributed by atoms with van der Waals surface area (Å²) in [4.78, 5) is 14.6. The largest absolute Gasteiger partial charge is 0.467 e. The molecule has 0 bridgehead atoms. The van der Waals surface area contributed by atoms with Crippen molar-refractivity contribution in [2.75, 3.05) is 6.54 Å². The molecule has 0 aliphatic carbocycles. The molecule has 1 fully saturated rings. The van der Waals surface area contributed by atoms with E-state index in [9.17, 15) is 4.79 Å². The topological polar surface area (TPSA) is 58.6 Å². The van der Waals surface area contributed by atoms with Crippen molar-refractivity contribution < 1.29 is 13.6 Å². The molecule has 2 atom stereocenters. The molecule has 5 nitrogen and oxygen atoms in total. The Balaban J connectivity index is 1.75. The highest BCUT2D eigenvalue weighted by Gasteiger charge is 2.33. The van der Waals surface area contributed by atoms with Gasteiger partial charge in [-0.25, -0.2) is 0 Å². The van der Waals surface area contributed by atoms with Crippen molar-refractivity contribution in [3.05, 3.63) is 48.3 Å². The summed E-state index contributed by atoms with van der Waals surface area (Å²) in [6, 6.07) is 7.32. The average Bonchev–Trinajstić information content (AvgIpc) is 3.19. The van der Waals surface area contributed by atoms with E-state index < -0.39 is 0 Å². The number of carbonyl (C=O) groups excluding carboxylic acids is 1. The monoisotopic (exact) mass is 288 g/mol. The standard InChI is InChI=1S/C16H20N2O3/c1-12-6-7-17-15(12)16(19)18(10-13-4-2-8-20-13)11-14-5-3-9-21-14/h2-5,8-9,12,15,17H,6-7,10-11H2,1H3. The highest BCUT2D eigenvalue weighted by Crippen LogP contribution is 2.20.